The molecule has 6 heteroatoms. The average molecular weight is 179 g/mol. The van der Waals surface area contributed by atoms with Gasteiger partial charge in [0.25, 0.3) is 0 Å². The predicted molar refractivity (Wildman–Crippen MR) is 39.1 cm³/mol. The summed E-state index contributed by atoms with van der Waals surface area (Å²) < 4.78 is 4.39. The molecule has 0 unspecified atom stereocenters. The third-order valence-electron chi connectivity index (χ3n) is 1.21. The Labute approximate surface area is 69.6 Å². The molecule has 0 aliphatic carbocycles. The molecule has 0 radical (unpaired) electrons. The van der Waals surface area contributed by atoms with Crippen LogP contribution in [0.1, 0.15) is 0 Å². The molecule has 2 atom stereocenters. The predicted octanol–water partition coefficient (Wildman–Crippen LogP) is -2.80. The van der Waals surface area contributed by atoms with Gasteiger partial charge in [0.15, 0.2) is 0 Å². The van der Waals surface area contributed by atoms with Crippen molar-refractivity contribution in [2.75, 3.05) is 19.8 Å². The van der Waals surface area contributed by atoms with Crippen LogP contribution in [0, 0.1) is 0 Å². The minimum absolute atomic E-state index is 0.276. The highest BCUT2D eigenvalue weighted by molar-refractivity contribution is 5.71. The molecule has 72 valence electrons. The summed E-state index contributed by atoms with van der Waals surface area (Å²) in [6.45, 7) is -1.22. The first-order chi connectivity index (χ1) is 5.61. The van der Waals surface area contributed by atoms with Crippen LogP contribution in [0.3, 0.4) is 0 Å². The Morgan fingerprint density at radius 1 is 1.42 bits per heavy atom. The van der Waals surface area contributed by atoms with E-state index < -0.39 is 24.8 Å². The molecule has 6 nitrogen and oxygen atoms in total. The Morgan fingerprint density at radius 3 is 2.42 bits per heavy atom. The van der Waals surface area contributed by atoms with Crippen LogP contribution in [0.5, 0.6) is 0 Å². The quantitative estimate of drug-likeness (QED) is 0.339. The SMILES string of the molecule is NCC(=O)OC[C@H](O)[C@H](O)CO. The summed E-state index contributed by atoms with van der Waals surface area (Å²) in [5, 5.41) is 26.1. The fourth-order valence-corrected chi connectivity index (χ4v) is 0.470. The van der Waals surface area contributed by atoms with E-state index in [0.29, 0.717) is 0 Å². The highest BCUT2D eigenvalue weighted by Gasteiger charge is 2.16. The Bertz CT molecular complexity index is 140. The molecule has 0 saturated carbocycles. The van der Waals surface area contributed by atoms with E-state index in [4.69, 9.17) is 21.1 Å². The highest BCUT2D eigenvalue weighted by atomic mass is 16.5. The van der Waals surface area contributed by atoms with E-state index in [9.17, 15) is 4.79 Å². The summed E-state index contributed by atoms with van der Waals surface area (Å²) in [6, 6.07) is 0. The number of hydrogen-bond acceptors (Lipinski definition) is 6. The summed E-state index contributed by atoms with van der Waals surface area (Å²) in [4.78, 5) is 10.4. The van der Waals surface area contributed by atoms with Gasteiger partial charge in [-0.1, -0.05) is 0 Å². The van der Waals surface area contributed by atoms with E-state index in [0.717, 1.165) is 0 Å². The molecular weight excluding hydrogens is 166 g/mol. The minimum Gasteiger partial charge on any atom is -0.462 e. The van der Waals surface area contributed by atoms with Crippen LogP contribution in [0.25, 0.3) is 0 Å². The number of carbonyl (C=O) groups is 1. The lowest BCUT2D eigenvalue weighted by Crippen LogP contribution is -2.35. The van der Waals surface area contributed by atoms with Gasteiger partial charge < -0.3 is 25.8 Å². The van der Waals surface area contributed by atoms with Crippen molar-refractivity contribution in [3.8, 4) is 0 Å². The van der Waals surface area contributed by atoms with Gasteiger partial charge in [0.2, 0.25) is 0 Å². The maximum atomic E-state index is 10.4. The number of carbonyl (C=O) groups excluding carboxylic acids is 1. The Morgan fingerprint density at radius 2 is 2.00 bits per heavy atom. The molecule has 0 bridgehead atoms. The third-order valence-corrected chi connectivity index (χ3v) is 1.21. The Kier molecular flexibility index (Phi) is 5.56. The van der Waals surface area contributed by atoms with Gasteiger partial charge >= 0.3 is 5.97 Å². The minimum atomic E-state index is -1.30. The van der Waals surface area contributed by atoms with Crippen LogP contribution in [0.4, 0.5) is 0 Å². The lowest BCUT2D eigenvalue weighted by Gasteiger charge is -2.14. The second-order valence-electron chi connectivity index (χ2n) is 2.20. The molecule has 0 aliphatic heterocycles. The number of esters is 1. The summed E-state index contributed by atoms with van der Waals surface area (Å²) in [7, 11) is 0. The molecule has 0 aromatic heterocycles. The highest BCUT2D eigenvalue weighted by Crippen LogP contribution is 1.93. The molecule has 12 heavy (non-hydrogen) atoms. The lowest BCUT2D eigenvalue weighted by molar-refractivity contribution is -0.147. The first-order valence-corrected chi connectivity index (χ1v) is 3.44. The number of nitrogens with two attached hydrogens (primary N) is 1. The molecule has 0 saturated heterocycles. The normalized spacial score (nSPS) is 15.3. The summed E-state index contributed by atoms with van der Waals surface area (Å²) in [5.74, 6) is -0.667. The molecule has 0 spiro atoms. The van der Waals surface area contributed by atoms with Crippen LogP contribution < -0.4 is 5.73 Å². The van der Waals surface area contributed by atoms with E-state index in [1.807, 2.05) is 0 Å². The fourth-order valence-electron chi connectivity index (χ4n) is 0.470. The zero-order chi connectivity index (χ0) is 9.56. The van der Waals surface area contributed by atoms with Crippen molar-refractivity contribution in [3.63, 3.8) is 0 Å². The molecule has 0 aromatic rings. The van der Waals surface area contributed by atoms with Crippen LogP contribution >= 0.6 is 0 Å². The molecule has 0 rings (SSSR count). The zero-order valence-electron chi connectivity index (χ0n) is 6.51. The van der Waals surface area contributed by atoms with Crippen molar-refractivity contribution in [1.29, 1.82) is 0 Å². The van der Waals surface area contributed by atoms with Gasteiger partial charge in [-0.05, 0) is 0 Å². The van der Waals surface area contributed by atoms with Gasteiger partial charge in [0.05, 0.1) is 13.2 Å². The summed E-state index contributed by atoms with van der Waals surface area (Å²) >= 11 is 0. The second kappa shape index (κ2) is 5.90. The van der Waals surface area contributed by atoms with E-state index in [1.54, 1.807) is 0 Å². The topological polar surface area (TPSA) is 113 Å². The number of ether oxygens (including phenoxy) is 1. The number of aliphatic hydroxyl groups is 3. The van der Waals surface area contributed by atoms with E-state index in [2.05, 4.69) is 4.74 Å². The first-order valence-electron chi connectivity index (χ1n) is 3.44. The van der Waals surface area contributed by atoms with Crippen molar-refractivity contribution < 1.29 is 24.9 Å². The smallest absolute Gasteiger partial charge is 0.319 e. The molecule has 0 heterocycles. The number of aliphatic hydroxyl groups excluding tert-OH is 3. The monoisotopic (exact) mass is 179 g/mol. The van der Waals surface area contributed by atoms with Gasteiger partial charge in [0, 0.05) is 0 Å². The summed E-state index contributed by atoms with van der Waals surface area (Å²) in [5.41, 5.74) is 4.90. The lowest BCUT2D eigenvalue weighted by atomic mass is 10.2. The van der Waals surface area contributed by atoms with Gasteiger partial charge in [-0.15, -0.1) is 0 Å². The zero-order valence-corrected chi connectivity index (χ0v) is 6.51. The van der Waals surface area contributed by atoms with E-state index in [-0.39, 0.29) is 13.2 Å². The van der Waals surface area contributed by atoms with Crippen LogP contribution in [-0.2, 0) is 9.53 Å². The van der Waals surface area contributed by atoms with Gasteiger partial charge in [-0.25, -0.2) is 0 Å². The number of rotatable bonds is 5. The van der Waals surface area contributed by atoms with Crippen molar-refractivity contribution in [3.05, 3.63) is 0 Å². The average Bonchev–Trinajstić information content (AvgIpc) is 2.11. The van der Waals surface area contributed by atoms with Gasteiger partial charge in [0.1, 0.15) is 18.8 Å². The molecule has 0 aromatic carbocycles. The van der Waals surface area contributed by atoms with Crippen LogP contribution in [0.15, 0.2) is 0 Å². The third kappa shape index (κ3) is 4.24. The van der Waals surface area contributed by atoms with Crippen molar-refractivity contribution >= 4 is 5.97 Å². The fraction of sp³-hybridized carbons (Fsp3) is 0.833. The largest absolute Gasteiger partial charge is 0.462 e. The molecule has 5 N–H and O–H groups in total. The van der Waals surface area contributed by atoms with Crippen molar-refractivity contribution in [1.82, 2.24) is 0 Å². The standard InChI is InChI=1S/C6H13NO5/c7-1-6(11)12-3-5(10)4(9)2-8/h4-5,8-10H,1-3,7H2/t4-,5+/m1/s1. The Hall–Kier alpha value is -0.690. The molecule has 0 fully saturated rings. The molecule has 0 aliphatic rings. The maximum Gasteiger partial charge on any atom is 0.319 e. The molecular formula is C6H13NO5. The van der Waals surface area contributed by atoms with Gasteiger partial charge in [-0.2, -0.15) is 0 Å². The van der Waals surface area contributed by atoms with Crippen molar-refractivity contribution in [2.45, 2.75) is 12.2 Å². The van der Waals surface area contributed by atoms with Crippen LogP contribution in [0.2, 0.25) is 0 Å². The first kappa shape index (κ1) is 11.3. The van der Waals surface area contributed by atoms with E-state index >= 15 is 0 Å². The summed E-state index contributed by atoms with van der Waals surface area (Å²) in [6.07, 6.45) is -2.57. The maximum absolute atomic E-state index is 10.4. The van der Waals surface area contributed by atoms with Crippen LogP contribution in [-0.4, -0.2) is 53.3 Å². The number of hydrogen-bond donors (Lipinski definition) is 4. The van der Waals surface area contributed by atoms with Crippen molar-refractivity contribution in [2.24, 2.45) is 5.73 Å². The second-order valence-corrected chi connectivity index (χ2v) is 2.20. The van der Waals surface area contributed by atoms with Gasteiger partial charge in [-0.3, -0.25) is 4.79 Å². The Balaban J connectivity index is 3.56. The molecule has 0 amide bonds. The van der Waals surface area contributed by atoms with E-state index in [1.165, 1.54) is 0 Å².